The molecule has 0 saturated heterocycles. The second-order valence-corrected chi connectivity index (χ2v) is 10.5. The van der Waals surface area contributed by atoms with Crippen molar-refractivity contribution in [2.24, 2.45) is 0 Å². The first-order chi connectivity index (χ1) is 12.7. The van der Waals surface area contributed by atoms with Crippen molar-refractivity contribution in [3.05, 3.63) is 41.5 Å². The highest BCUT2D eigenvalue weighted by atomic mass is 16.6. The fraction of sp³-hybridized carbons (Fsp3) is 0.520. The molecule has 0 bridgehead atoms. The lowest BCUT2D eigenvalue weighted by atomic mass is 10.0. The second-order valence-electron chi connectivity index (χ2n) is 10.5. The Bertz CT molecular complexity index is 874. The highest BCUT2D eigenvalue weighted by Gasteiger charge is 2.33. The van der Waals surface area contributed by atoms with Crippen molar-refractivity contribution in [1.82, 2.24) is 0 Å². The fourth-order valence-corrected chi connectivity index (χ4v) is 3.42. The number of ether oxygens (including phenoxy) is 3. The van der Waals surface area contributed by atoms with Gasteiger partial charge >= 0.3 is 0 Å². The molecule has 2 aromatic rings. The lowest BCUT2D eigenvalue weighted by molar-refractivity contribution is 0.0772. The molecule has 0 aromatic heterocycles. The van der Waals surface area contributed by atoms with E-state index in [4.69, 9.17) is 14.2 Å². The SMILES string of the molecule is CC(C)(C)Oc1cc2c(c(OC(C)(C)C)c1OC(C)(C)C)Cc1ccccc1-2. The lowest BCUT2D eigenvalue weighted by Gasteiger charge is -2.32. The molecule has 0 unspecified atom stereocenters. The number of rotatable bonds is 3. The van der Waals surface area contributed by atoms with Crippen LogP contribution in [-0.2, 0) is 6.42 Å². The van der Waals surface area contributed by atoms with Gasteiger partial charge in [-0.15, -0.1) is 0 Å². The molecule has 152 valence electrons. The summed E-state index contributed by atoms with van der Waals surface area (Å²) in [6.45, 7) is 18.5. The van der Waals surface area contributed by atoms with Gasteiger partial charge in [0.25, 0.3) is 0 Å². The maximum absolute atomic E-state index is 6.50. The van der Waals surface area contributed by atoms with Gasteiger partial charge in [0.15, 0.2) is 11.5 Å². The molecule has 0 saturated carbocycles. The zero-order chi connectivity index (χ0) is 20.9. The Kier molecular flexibility index (Phi) is 4.94. The summed E-state index contributed by atoms with van der Waals surface area (Å²) >= 11 is 0. The second kappa shape index (κ2) is 6.72. The summed E-state index contributed by atoms with van der Waals surface area (Å²) in [6.07, 6.45) is 0.840. The van der Waals surface area contributed by atoms with E-state index in [0.29, 0.717) is 5.75 Å². The first-order valence-electron chi connectivity index (χ1n) is 10.1. The summed E-state index contributed by atoms with van der Waals surface area (Å²) in [4.78, 5) is 0. The van der Waals surface area contributed by atoms with Crippen LogP contribution in [0.1, 0.15) is 73.4 Å². The molecule has 3 heteroatoms. The summed E-state index contributed by atoms with van der Waals surface area (Å²) in [6, 6.07) is 10.7. The largest absolute Gasteiger partial charge is 0.484 e. The monoisotopic (exact) mass is 382 g/mol. The summed E-state index contributed by atoms with van der Waals surface area (Å²) in [5.74, 6) is 2.23. The van der Waals surface area contributed by atoms with Crippen molar-refractivity contribution in [2.75, 3.05) is 0 Å². The summed E-state index contributed by atoms with van der Waals surface area (Å²) in [7, 11) is 0. The van der Waals surface area contributed by atoms with Crippen LogP contribution in [0.3, 0.4) is 0 Å². The molecule has 1 aliphatic carbocycles. The third-order valence-electron chi connectivity index (χ3n) is 4.21. The lowest BCUT2D eigenvalue weighted by Crippen LogP contribution is -2.29. The molecule has 0 amide bonds. The van der Waals surface area contributed by atoms with E-state index >= 15 is 0 Å². The van der Waals surface area contributed by atoms with E-state index in [2.05, 4.69) is 92.6 Å². The normalized spacial score (nSPS) is 13.8. The highest BCUT2D eigenvalue weighted by molar-refractivity contribution is 5.83. The molecule has 0 atom stereocenters. The van der Waals surface area contributed by atoms with Crippen LogP contribution in [0.5, 0.6) is 17.2 Å². The maximum atomic E-state index is 6.50. The third-order valence-corrected chi connectivity index (χ3v) is 4.21. The Labute approximate surface area is 170 Å². The number of hydrogen-bond donors (Lipinski definition) is 0. The Morgan fingerprint density at radius 1 is 0.643 bits per heavy atom. The van der Waals surface area contributed by atoms with Crippen molar-refractivity contribution in [3.8, 4) is 28.4 Å². The van der Waals surface area contributed by atoms with E-state index in [-0.39, 0.29) is 16.8 Å². The van der Waals surface area contributed by atoms with Crippen LogP contribution in [0.25, 0.3) is 11.1 Å². The molecule has 0 aliphatic heterocycles. The van der Waals surface area contributed by atoms with Gasteiger partial charge in [-0.3, -0.25) is 0 Å². The van der Waals surface area contributed by atoms with Gasteiger partial charge in [0, 0.05) is 12.0 Å². The molecule has 3 nitrogen and oxygen atoms in total. The molecule has 28 heavy (non-hydrogen) atoms. The van der Waals surface area contributed by atoms with Crippen molar-refractivity contribution >= 4 is 0 Å². The fourth-order valence-electron chi connectivity index (χ4n) is 3.42. The molecule has 0 radical (unpaired) electrons. The van der Waals surface area contributed by atoms with E-state index in [1.165, 1.54) is 22.3 Å². The van der Waals surface area contributed by atoms with Crippen LogP contribution in [0.2, 0.25) is 0 Å². The number of benzene rings is 2. The molecule has 1 aliphatic rings. The van der Waals surface area contributed by atoms with Gasteiger partial charge < -0.3 is 14.2 Å². The first kappa shape index (κ1) is 20.6. The number of fused-ring (bicyclic) bond motifs is 3. The Balaban J connectivity index is 2.28. The smallest absolute Gasteiger partial charge is 0.204 e. The molecule has 2 aromatic carbocycles. The quantitative estimate of drug-likeness (QED) is 0.499. The van der Waals surface area contributed by atoms with Crippen molar-refractivity contribution < 1.29 is 14.2 Å². The molecule has 0 spiro atoms. The first-order valence-corrected chi connectivity index (χ1v) is 10.1. The standard InChI is InChI=1S/C25H34O3/c1-23(2,3)26-20-15-18-17-13-11-10-12-16(17)14-19(18)21(27-24(4,5)6)22(20)28-25(7,8)9/h10-13,15H,14H2,1-9H3. The topological polar surface area (TPSA) is 27.7 Å². The molecular weight excluding hydrogens is 348 g/mol. The van der Waals surface area contributed by atoms with Crippen LogP contribution in [0.4, 0.5) is 0 Å². The predicted octanol–water partition coefficient (Wildman–Crippen LogP) is 6.79. The van der Waals surface area contributed by atoms with Crippen molar-refractivity contribution in [3.63, 3.8) is 0 Å². The van der Waals surface area contributed by atoms with Gasteiger partial charge in [-0.2, -0.15) is 0 Å². The molecular formula is C25H34O3. The van der Waals surface area contributed by atoms with E-state index in [9.17, 15) is 0 Å². The van der Waals surface area contributed by atoms with Crippen LogP contribution in [-0.4, -0.2) is 16.8 Å². The van der Waals surface area contributed by atoms with Gasteiger partial charge in [0.1, 0.15) is 16.8 Å². The van der Waals surface area contributed by atoms with Crippen LogP contribution in [0, 0.1) is 0 Å². The Morgan fingerprint density at radius 3 is 1.75 bits per heavy atom. The maximum Gasteiger partial charge on any atom is 0.204 e. The van der Waals surface area contributed by atoms with Crippen LogP contribution >= 0.6 is 0 Å². The van der Waals surface area contributed by atoms with E-state index in [1.54, 1.807) is 0 Å². The van der Waals surface area contributed by atoms with Crippen molar-refractivity contribution in [1.29, 1.82) is 0 Å². The minimum atomic E-state index is -0.369. The average Bonchev–Trinajstić information content (AvgIpc) is 2.85. The highest BCUT2D eigenvalue weighted by Crippen LogP contribution is 2.52. The Morgan fingerprint density at radius 2 is 1.18 bits per heavy atom. The third kappa shape index (κ3) is 4.63. The molecule has 0 fully saturated rings. The van der Waals surface area contributed by atoms with Gasteiger partial charge in [-0.25, -0.2) is 0 Å². The number of hydrogen-bond acceptors (Lipinski definition) is 3. The summed E-state index contributed by atoms with van der Waals surface area (Å²) in [5.41, 5.74) is 3.85. The zero-order valence-corrected chi connectivity index (χ0v) is 18.8. The van der Waals surface area contributed by atoms with E-state index in [0.717, 1.165) is 17.9 Å². The minimum Gasteiger partial charge on any atom is -0.484 e. The van der Waals surface area contributed by atoms with Gasteiger partial charge in [-0.05, 0) is 85.1 Å². The van der Waals surface area contributed by atoms with E-state index < -0.39 is 0 Å². The molecule has 3 rings (SSSR count). The zero-order valence-electron chi connectivity index (χ0n) is 18.8. The predicted molar refractivity (Wildman–Crippen MR) is 116 cm³/mol. The minimum absolute atomic E-state index is 0.346. The van der Waals surface area contributed by atoms with E-state index in [1.807, 2.05) is 0 Å². The molecule has 0 heterocycles. The molecule has 0 N–H and O–H groups in total. The van der Waals surface area contributed by atoms with Gasteiger partial charge in [0.2, 0.25) is 5.75 Å². The van der Waals surface area contributed by atoms with Crippen LogP contribution < -0.4 is 14.2 Å². The van der Waals surface area contributed by atoms with Gasteiger partial charge in [0.05, 0.1) is 0 Å². The summed E-state index contributed by atoms with van der Waals surface area (Å²) in [5, 5.41) is 0. The summed E-state index contributed by atoms with van der Waals surface area (Å²) < 4.78 is 19.3. The van der Waals surface area contributed by atoms with Crippen molar-refractivity contribution in [2.45, 2.75) is 85.5 Å². The van der Waals surface area contributed by atoms with Crippen LogP contribution in [0.15, 0.2) is 30.3 Å². The Hall–Kier alpha value is -2.16. The average molecular weight is 383 g/mol. The van der Waals surface area contributed by atoms with Gasteiger partial charge in [-0.1, -0.05) is 24.3 Å².